The third kappa shape index (κ3) is 7.68. The van der Waals surface area contributed by atoms with Gasteiger partial charge >= 0.3 is 0 Å². The molecule has 1 atom stereocenters. The van der Waals surface area contributed by atoms with Crippen molar-refractivity contribution >= 4 is 29.9 Å². The number of amides is 2. The lowest BCUT2D eigenvalue weighted by molar-refractivity contribution is -0.133. The van der Waals surface area contributed by atoms with Gasteiger partial charge in [0.1, 0.15) is 0 Å². The van der Waals surface area contributed by atoms with Crippen molar-refractivity contribution in [1.82, 2.24) is 4.90 Å². The molecule has 1 aromatic carbocycles. The predicted octanol–water partition coefficient (Wildman–Crippen LogP) is 1.94. The van der Waals surface area contributed by atoms with Gasteiger partial charge in [-0.2, -0.15) is 0 Å². The molecule has 5 nitrogen and oxygen atoms in total. The van der Waals surface area contributed by atoms with E-state index < -0.39 is 0 Å². The number of halogens is 1. The maximum Gasteiger partial charge on any atom is 0.243 e. The van der Waals surface area contributed by atoms with Gasteiger partial charge in [-0.15, -0.1) is 12.4 Å². The summed E-state index contributed by atoms with van der Waals surface area (Å²) in [6, 6.07) is 7.52. The van der Waals surface area contributed by atoms with Crippen LogP contribution < -0.4 is 11.1 Å². The highest BCUT2D eigenvalue weighted by Crippen LogP contribution is 2.08. The SMILES string of the molecule is Cc1ccc(NC(=O)CN(C)C(=O)CCC(C)N)cc1.Cl. The zero-order valence-electron chi connectivity index (χ0n) is 12.8. The molecule has 2 amide bonds. The lowest BCUT2D eigenvalue weighted by Gasteiger charge is -2.17. The molecule has 0 saturated carbocycles. The van der Waals surface area contributed by atoms with E-state index in [9.17, 15) is 9.59 Å². The Hall–Kier alpha value is -1.59. The summed E-state index contributed by atoms with van der Waals surface area (Å²) in [4.78, 5) is 25.0. The minimum absolute atomic E-state index is 0. The fraction of sp³-hybridized carbons (Fsp3) is 0.467. The molecule has 0 heterocycles. The molecule has 1 aromatic rings. The number of rotatable bonds is 6. The van der Waals surface area contributed by atoms with Crippen LogP contribution in [0.2, 0.25) is 0 Å². The summed E-state index contributed by atoms with van der Waals surface area (Å²) in [6.45, 7) is 3.89. The van der Waals surface area contributed by atoms with E-state index in [1.165, 1.54) is 4.90 Å². The second-order valence-electron chi connectivity index (χ2n) is 5.18. The van der Waals surface area contributed by atoms with Crippen LogP contribution in [0.1, 0.15) is 25.3 Å². The highest BCUT2D eigenvalue weighted by Gasteiger charge is 2.13. The summed E-state index contributed by atoms with van der Waals surface area (Å²) in [6.07, 6.45) is 0.995. The van der Waals surface area contributed by atoms with Crippen molar-refractivity contribution in [2.75, 3.05) is 18.9 Å². The Balaban J connectivity index is 0.00000400. The normalized spacial score (nSPS) is 11.2. The highest BCUT2D eigenvalue weighted by atomic mass is 35.5. The minimum Gasteiger partial charge on any atom is -0.336 e. The molecule has 0 radical (unpaired) electrons. The van der Waals surface area contributed by atoms with E-state index in [-0.39, 0.29) is 36.8 Å². The molecule has 0 aliphatic rings. The maximum atomic E-state index is 11.8. The summed E-state index contributed by atoms with van der Waals surface area (Å²) in [5.41, 5.74) is 7.47. The highest BCUT2D eigenvalue weighted by molar-refractivity contribution is 5.94. The first-order valence-corrected chi connectivity index (χ1v) is 6.74. The van der Waals surface area contributed by atoms with Crippen LogP contribution in [0, 0.1) is 6.92 Å². The molecule has 21 heavy (non-hydrogen) atoms. The van der Waals surface area contributed by atoms with Crippen LogP contribution in [0.3, 0.4) is 0 Å². The van der Waals surface area contributed by atoms with Crippen molar-refractivity contribution in [3.05, 3.63) is 29.8 Å². The Kier molecular flexibility index (Phi) is 8.66. The first-order valence-electron chi connectivity index (χ1n) is 6.74. The fourth-order valence-electron chi connectivity index (χ4n) is 1.68. The van der Waals surface area contributed by atoms with Gasteiger partial charge in [0.2, 0.25) is 11.8 Å². The third-order valence-electron chi connectivity index (χ3n) is 2.96. The van der Waals surface area contributed by atoms with Gasteiger partial charge in [-0.05, 0) is 32.4 Å². The Morgan fingerprint density at radius 2 is 1.86 bits per heavy atom. The first-order chi connectivity index (χ1) is 9.38. The van der Waals surface area contributed by atoms with Crippen molar-refractivity contribution in [3.63, 3.8) is 0 Å². The molecule has 0 aliphatic carbocycles. The van der Waals surface area contributed by atoms with Crippen LogP contribution in [0.25, 0.3) is 0 Å². The van der Waals surface area contributed by atoms with Gasteiger partial charge in [-0.25, -0.2) is 0 Å². The van der Waals surface area contributed by atoms with Crippen molar-refractivity contribution in [2.24, 2.45) is 5.73 Å². The Morgan fingerprint density at radius 3 is 2.38 bits per heavy atom. The predicted molar refractivity (Wildman–Crippen MR) is 87.6 cm³/mol. The average molecular weight is 314 g/mol. The lowest BCUT2D eigenvalue weighted by atomic mass is 10.2. The number of anilines is 1. The fourth-order valence-corrected chi connectivity index (χ4v) is 1.68. The topological polar surface area (TPSA) is 75.4 Å². The molecule has 0 aromatic heterocycles. The second kappa shape index (κ2) is 9.37. The van der Waals surface area contributed by atoms with E-state index in [1.807, 2.05) is 38.1 Å². The number of nitrogens with one attached hydrogen (secondary N) is 1. The molecule has 1 unspecified atom stereocenters. The van der Waals surface area contributed by atoms with E-state index in [2.05, 4.69) is 5.32 Å². The molecule has 0 spiro atoms. The number of carbonyl (C=O) groups excluding carboxylic acids is 2. The van der Waals surface area contributed by atoms with Crippen LogP contribution in [0.15, 0.2) is 24.3 Å². The van der Waals surface area contributed by atoms with Gasteiger partial charge in [-0.1, -0.05) is 17.7 Å². The number of benzene rings is 1. The molecule has 0 aliphatic heterocycles. The minimum atomic E-state index is -0.203. The van der Waals surface area contributed by atoms with Gasteiger partial charge in [0.05, 0.1) is 6.54 Å². The standard InChI is InChI=1S/C15H23N3O2.ClH/c1-11-4-7-13(8-5-11)17-14(19)10-18(3)15(20)9-6-12(2)16;/h4-5,7-8,12H,6,9-10,16H2,1-3H3,(H,17,19);1H. The van der Waals surface area contributed by atoms with Gasteiger partial charge < -0.3 is 16.0 Å². The first kappa shape index (κ1) is 19.4. The number of hydrogen-bond donors (Lipinski definition) is 2. The Labute approximate surface area is 132 Å². The Morgan fingerprint density at radius 1 is 1.29 bits per heavy atom. The van der Waals surface area contributed by atoms with Gasteiger partial charge in [0.15, 0.2) is 0 Å². The number of likely N-dealkylation sites (N-methyl/N-ethyl adjacent to an activating group) is 1. The smallest absolute Gasteiger partial charge is 0.243 e. The lowest BCUT2D eigenvalue weighted by Crippen LogP contribution is -2.35. The summed E-state index contributed by atoms with van der Waals surface area (Å²) < 4.78 is 0. The van der Waals surface area contributed by atoms with E-state index >= 15 is 0 Å². The van der Waals surface area contributed by atoms with Crippen LogP contribution in [0.5, 0.6) is 0 Å². The largest absolute Gasteiger partial charge is 0.336 e. The zero-order chi connectivity index (χ0) is 15.1. The molecule has 3 N–H and O–H groups in total. The van der Waals surface area contributed by atoms with Crippen LogP contribution >= 0.6 is 12.4 Å². The van der Waals surface area contributed by atoms with E-state index in [1.54, 1.807) is 7.05 Å². The molecular weight excluding hydrogens is 290 g/mol. The van der Waals surface area contributed by atoms with Crippen molar-refractivity contribution < 1.29 is 9.59 Å². The summed E-state index contributed by atoms with van der Waals surface area (Å²) in [5.74, 6) is -0.271. The van der Waals surface area contributed by atoms with E-state index in [0.29, 0.717) is 12.8 Å². The van der Waals surface area contributed by atoms with Crippen LogP contribution in [-0.2, 0) is 9.59 Å². The van der Waals surface area contributed by atoms with Gasteiger partial charge in [0, 0.05) is 25.2 Å². The average Bonchev–Trinajstić information content (AvgIpc) is 2.38. The van der Waals surface area contributed by atoms with Crippen molar-refractivity contribution in [3.8, 4) is 0 Å². The number of nitrogens with zero attached hydrogens (tertiary/aromatic N) is 1. The quantitative estimate of drug-likeness (QED) is 0.842. The zero-order valence-corrected chi connectivity index (χ0v) is 13.6. The third-order valence-corrected chi connectivity index (χ3v) is 2.96. The van der Waals surface area contributed by atoms with Gasteiger partial charge in [0.25, 0.3) is 0 Å². The van der Waals surface area contributed by atoms with Crippen LogP contribution in [-0.4, -0.2) is 36.3 Å². The molecule has 0 fully saturated rings. The van der Waals surface area contributed by atoms with E-state index in [4.69, 9.17) is 5.73 Å². The Bertz CT molecular complexity index is 460. The molecule has 1 rings (SSSR count). The van der Waals surface area contributed by atoms with E-state index in [0.717, 1.165) is 11.3 Å². The van der Waals surface area contributed by atoms with Crippen LogP contribution in [0.4, 0.5) is 5.69 Å². The summed E-state index contributed by atoms with van der Waals surface area (Å²) >= 11 is 0. The van der Waals surface area contributed by atoms with Gasteiger partial charge in [-0.3, -0.25) is 9.59 Å². The number of aryl methyl sites for hydroxylation is 1. The van der Waals surface area contributed by atoms with Crippen molar-refractivity contribution in [2.45, 2.75) is 32.7 Å². The molecular formula is C15H24ClN3O2. The summed E-state index contributed by atoms with van der Waals surface area (Å²) in [7, 11) is 1.62. The second-order valence-corrected chi connectivity index (χ2v) is 5.18. The molecule has 6 heteroatoms. The maximum absolute atomic E-state index is 11.8. The number of nitrogens with two attached hydrogens (primary N) is 1. The molecule has 0 bridgehead atoms. The molecule has 0 saturated heterocycles. The number of carbonyl (C=O) groups is 2. The molecule has 118 valence electrons. The number of hydrogen-bond acceptors (Lipinski definition) is 3. The monoisotopic (exact) mass is 313 g/mol. The van der Waals surface area contributed by atoms with Crippen molar-refractivity contribution in [1.29, 1.82) is 0 Å². The summed E-state index contributed by atoms with van der Waals surface area (Å²) in [5, 5.41) is 2.76.